The molecule has 0 aliphatic carbocycles. The summed E-state index contributed by atoms with van der Waals surface area (Å²) in [5.41, 5.74) is 1.62. The minimum Gasteiger partial charge on any atom is -0.481 e. The predicted octanol–water partition coefficient (Wildman–Crippen LogP) is 4.59. The number of carboxylic acids is 2. The van der Waals surface area contributed by atoms with E-state index >= 15 is 0 Å². The first-order chi connectivity index (χ1) is 16.4. The van der Waals surface area contributed by atoms with Gasteiger partial charge in [0.2, 0.25) is 0 Å². The molecule has 3 atom stereocenters. The molecule has 0 aromatic heterocycles. The number of aryl methyl sites for hydroxylation is 1. The van der Waals surface area contributed by atoms with Crippen LogP contribution in [0.15, 0.2) is 96.7 Å². The summed E-state index contributed by atoms with van der Waals surface area (Å²) in [5, 5.41) is 23.9. The summed E-state index contributed by atoms with van der Waals surface area (Å²) < 4.78 is 0. The van der Waals surface area contributed by atoms with Crippen LogP contribution in [0.1, 0.15) is 28.3 Å². The Morgan fingerprint density at radius 3 is 2.24 bits per heavy atom. The zero-order valence-corrected chi connectivity index (χ0v) is 18.7. The second-order valence-electron chi connectivity index (χ2n) is 8.49. The average Bonchev–Trinajstić information content (AvgIpc) is 2.83. The third-order valence-corrected chi connectivity index (χ3v) is 6.24. The van der Waals surface area contributed by atoms with E-state index in [-0.39, 0.29) is 12.0 Å². The molecule has 1 aliphatic rings. The highest BCUT2D eigenvalue weighted by Gasteiger charge is 2.56. The number of hydrogen-bond donors (Lipinski definition) is 3. The maximum atomic E-state index is 13.2. The summed E-state index contributed by atoms with van der Waals surface area (Å²) in [5.74, 6) is 2.73. The lowest BCUT2D eigenvalue weighted by Gasteiger charge is -2.44. The van der Waals surface area contributed by atoms with Crippen molar-refractivity contribution in [2.24, 2.45) is 11.3 Å². The molecule has 0 bridgehead atoms. The quantitative estimate of drug-likeness (QED) is 0.494. The lowest BCUT2D eigenvalue weighted by Crippen LogP contribution is -2.53. The molecular weight excluding hydrogens is 426 g/mol. The first-order valence-electron chi connectivity index (χ1n) is 11.0. The molecule has 3 aromatic rings. The molecule has 0 saturated heterocycles. The van der Waals surface area contributed by atoms with Gasteiger partial charge in [0.05, 0.1) is 17.5 Å². The van der Waals surface area contributed by atoms with Crippen LogP contribution in [0.2, 0.25) is 0 Å². The van der Waals surface area contributed by atoms with Gasteiger partial charge in [0, 0.05) is 11.8 Å². The normalized spacial score (nSPS) is 21.4. The van der Waals surface area contributed by atoms with Gasteiger partial charge < -0.3 is 15.5 Å². The lowest BCUT2D eigenvalue weighted by molar-refractivity contribution is -0.154. The molecule has 0 saturated carbocycles. The molecule has 0 radical (unpaired) electrons. The summed E-state index contributed by atoms with van der Waals surface area (Å²) in [7, 11) is 0. The van der Waals surface area contributed by atoms with Gasteiger partial charge in [-0.25, -0.2) is 4.79 Å². The van der Waals surface area contributed by atoms with Crippen molar-refractivity contribution in [1.29, 1.82) is 0 Å². The molecule has 3 aromatic carbocycles. The van der Waals surface area contributed by atoms with E-state index in [4.69, 9.17) is 0 Å². The summed E-state index contributed by atoms with van der Waals surface area (Å²) in [6, 6.07) is 25.4. The van der Waals surface area contributed by atoms with Gasteiger partial charge in [0.25, 0.3) is 0 Å². The topological polar surface area (TPSA) is 86.6 Å². The van der Waals surface area contributed by atoms with E-state index in [1.807, 2.05) is 91.9 Å². The fourth-order valence-electron chi connectivity index (χ4n) is 4.64. The fraction of sp³-hybridized carbons (Fsp3) is 0.172. The summed E-state index contributed by atoms with van der Waals surface area (Å²) >= 11 is 0. The van der Waals surface area contributed by atoms with Crippen molar-refractivity contribution in [3.63, 3.8) is 0 Å². The van der Waals surface area contributed by atoms with Crippen molar-refractivity contribution in [3.8, 4) is 11.8 Å². The summed E-state index contributed by atoms with van der Waals surface area (Å²) in [6.07, 6.45) is 1.51. The Morgan fingerprint density at radius 1 is 0.941 bits per heavy atom. The van der Waals surface area contributed by atoms with E-state index in [1.165, 1.54) is 6.20 Å². The van der Waals surface area contributed by atoms with Gasteiger partial charge >= 0.3 is 11.9 Å². The van der Waals surface area contributed by atoms with Gasteiger partial charge in [0.1, 0.15) is 5.41 Å². The van der Waals surface area contributed by atoms with Crippen molar-refractivity contribution >= 4 is 11.9 Å². The van der Waals surface area contributed by atoms with Gasteiger partial charge in [-0.05, 0) is 36.6 Å². The van der Waals surface area contributed by atoms with Gasteiger partial charge in [-0.1, -0.05) is 90.2 Å². The maximum Gasteiger partial charge on any atom is 0.334 e. The monoisotopic (exact) mass is 451 g/mol. The second kappa shape index (κ2) is 9.68. The smallest absolute Gasteiger partial charge is 0.334 e. The first-order valence-corrected chi connectivity index (χ1v) is 11.0. The number of aliphatic carboxylic acids is 2. The average molecular weight is 452 g/mol. The largest absolute Gasteiger partial charge is 0.481 e. The highest BCUT2D eigenvalue weighted by Crippen LogP contribution is 2.49. The van der Waals surface area contributed by atoms with Gasteiger partial charge in [-0.3, -0.25) is 4.79 Å². The SMILES string of the molecule is Cc1cccc(CC2(C(=O)O)C(C#Cc3ccccc3)C(C(=O)O)=CNC2c2ccccc2)c1. The van der Waals surface area contributed by atoms with Crippen LogP contribution in [-0.4, -0.2) is 22.2 Å². The zero-order chi connectivity index (χ0) is 24.1. The third-order valence-electron chi connectivity index (χ3n) is 6.24. The van der Waals surface area contributed by atoms with Crippen molar-refractivity contribution in [2.45, 2.75) is 19.4 Å². The highest BCUT2D eigenvalue weighted by molar-refractivity contribution is 5.91. The standard InChI is InChI=1S/C29H25NO4/c1-20-9-8-12-22(17-20)18-29(28(33)34)25(16-15-21-10-4-2-5-11-21)24(27(31)32)19-30-26(29)23-13-6-3-7-14-23/h2-14,17,19,25-26,30H,18H2,1H3,(H,31,32)(H,33,34). The number of rotatable bonds is 5. The Morgan fingerprint density at radius 2 is 1.62 bits per heavy atom. The molecule has 3 unspecified atom stereocenters. The van der Waals surface area contributed by atoms with E-state index < -0.39 is 29.3 Å². The predicted molar refractivity (Wildman–Crippen MR) is 130 cm³/mol. The van der Waals surface area contributed by atoms with E-state index in [0.717, 1.165) is 16.7 Å². The van der Waals surface area contributed by atoms with Crippen LogP contribution < -0.4 is 5.32 Å². The Labute approximate surface area is 198 Å². The van der Waals surface area contributed by atoms with E-state index in [2.05, 4.69) is 17.2 Å². The van der Waals surface area contributed by atoms with Gasteiger partial charge in [-0.15, -0.1) is 0 Å². The lowest BCUT2D eigenvalue weighted by atomic mass is 9.61. The fourth-order valence-corrected chi connectivity index (χ4v) is 4.64. The molecule has 34 heavy (non-hydrogen) atoms. The van der Waals surface area contributed by atoms with E-state index in [0.29, 0.717) is 5.56 Å². The van der Waals surface area contributed by atoms with Crippen LogP contribution in [0, 0.1) is 30.1 Å². The van der Waals surface area contributed by atoms with Crippen LogP contribution in [0.5, 0.6) is 0 Å². The van der Waals surface area contributed by atoms with Crippen molar-refractivity contribution < 1.29 is 19.8 Å². The number of benzene rings is 3. The summed E-state index contributed by atoms with van der Waals surface area (Å²) in [4.78, 5) is 25.5. The van der Waals surface area contributed by atoms with Crippen molar-refractivity contribution in [2.75, 3.05) is 0 Å². The van der Waals surface area contributed by atoms with Gasteiger partial charge in [0.15, 0.2) is 0 Å². The minimum absolute atomic E-state index is 0.0642. The van der Waals surface area contributed by atoms with Crippen molar-refractivity contribution in [1.82, 2.24) is 5.32 Å². The number of nitrogens with one attached hydrogen (secondary N) is 1. The molecule has 0 spiro atoms. The first kappa shape index (κ1) is 22.9. The molecule has 4 rings (SSSR count). The second-order valence-corrected chi connectivity index (χ2v) is 8.49. The Bertz CT molecular complexity index is 1290. The molecule has 0 amide bonds. The van der Waals surface area contributed by atoms with E-state index in [9.17, 15) is 19.8 Å². The Kier molecular flexibility index (Phi) is 6.51. The zero-order valence-electron chi connectivity index (χ0n) is 18.7. The molecule has 3 N–H and O–H groups in total. The van der Waals surface area contributed by atoms with Crippen LogP contribution in [0.3, 0.4) is 0 Å². The molecular formula is C29H25NO4. The molecule has 1 aliphatic heterocycles. The molecule has 5 heteroatoms. The van der Waals surface area contributed by atoms with Gasteiger partial charge in [-0.2, -0.15) is 0 Å². The molecule has 1 heterocycles. The van der Waals surface area contributed by atoms with Crippen LogP contribution in [0.25, 0.3) is 0 Å². The van der Waals surface area contributed by atoms with Crippen LogP contribution >= 0.6 is 0 Å². The Balaban J connectivity index is 1.96. The van der Waals surface area contributed by atoms with Crippen molar-refractivity contribution in [3.05, 3.63) is 119 Å². The maximum absolute atomic E-state index is 13.2. The number of carboxylic acid groups (broad SMARTS) is 2. The van der Waals surface area contributed by atoms with Crippen LogP contribution in [-0.2, 0) is 16.0 Å². The minimum atomic E-state index is -1.57. The third kappa shape index (κ3) is 4.44. The van der Waals surface area contributed by atoms with Crippen LogP contribution in [0.4, 0.5) is 0 Å². The highest BCUT2D eigenvalue weighted by atomic mass is 16.4. The van der Waals surface area contributed by atoms with E-state index in [1.54, 1.807) is 0 Å². The number of carbonyl (C=O) groups is 2. The summed E-state index contributed by atoms with van der Waals surface area (Å²) in [6.45, 7) is 1.94. The number of hydrogen-bond acceptors (Lipinski definition) is 3. The Hall–Kier alpha value is -4.30. The molecule has 5 nitrogen and oxygen atoms in total. The molecule has 0 fully saturated rings. The molecule has 170 valence electrons.